The van der Waals surface area contributed by atoms with Gasteiger partial charge in [-0.3, -0.25) is 14.2 Å². The van der Waals surface area contributed by atoms with Crippen LogP contribution in [0.5, 0.6) is 5.75 Å². The van der Waals surface area contributed by atoms with Crippen LogP contribution in [0.15, 0.2) is 53.3 Å². The standard InChI is InChI=1S/C21H23N3O3S/c1-27-16-9-7-8-15(14-16)22-19(25)12-3-2-6-13-24-20(26)17-10-4-5-11-18(17)23-21(24)28/h4-5,7-11,14H,2-3,6,12-13H2,1H3,(H,22,25)(H,23,28). The van der Waals surface area contributed by atoms with Crippen molar-refractivity contribution in [3.63, 3.8) is 0 Å². The number of carbonyl (C=O) groups is 1. The molecule has 2 N–H and O–H groups in total. The summed E-state index contributed by atoms with van der Waals surface area (Å²) in [6.07, 6.45) is 2.78. The number of unbranched alkanes of at least 4 members (excludes halogenated alkanes) is 2. The highest BCUT2D eigenvalue weighted by molar-refractivity contribution is 7.71. The molecule has 0 bridgehead atoms. The van der Waals surface area contributed by atoms with Gasteiger partial charge in [-0.05, 0) is 49.3 Å². The van der Waals surface area contributed by atoms with E-state index in [2.05, 4.69) is 10.3 Å². The summed E-state index contributed by atoms with van der Waals surface area (Å²) in [5, 5.41) is 3.50. The number of nitrogens with zero attached hydrogens (tertiary/aromatic N) is 1. The summed E-state index contributed by atoms with van der Waals surface area (Å²) in [7, 11) is 1.59. The Bertz CT molecular complexity index is 1090. The number of methoxy groups -OCH3 is 1. The molecular weight excluding hydrogens is 374 g/mol. The molecule has 0 saturated carbocycles. The Morgan fingerprint density at radius 1 is 1.14 bits per heavy atom. The Kier molecular flexibility index (Phi) is 6.60. The second-order valence-electron chi connectivity index (χ2n) is 6.52. The lowest BCUT2D eigenvalue weighted by molar-refractivity contribution is -0.116. The number of aromatic nitrogens is 2. The summed E-state index contributed by atoms with van der Waals surface area (Å²) in [5.74, 6) is 0.670. The van der Waals surface area contributed by atoms with E-state index < -0.39 is 0 Å². The number of nitrogens with one attached hydrogen (secondary N) is 2. The number of rotatable bonds is 8. The van der Waals surface area contributed by atoms with Gasteiger partial charge in [-0.25, -0.2) is 0 Å². The van der Waals surface area contributed by atoms with Crippen molar-refractivity contribution in [1.82, 2.24) is 9.55 Å². The van der Waals surface area contributed by atoms with Crippen LogP contribution in [-0.4, -0.2) is 22.6 Å². The average molecular weight is 398 g/mol. The van der Waals surface area contributed by atoms with Crippen LogP contribution < -0.4 is 15.6 Å². The van der Waals surface area contributed by atoms with Crippen LogP contribution in [0.4, 0.5) is 5.69 Å². The van der Waals surface area contributed by atoms with Crippen LogP contribution in [0, 0.1) is 4.77 Å². The van der Waals surface area contributed by atoms with E-state index in [-0.39, 0.29) is 11.5 Å². The third-order valence-electron chi connectivity index (χ3n) is 4.53. The van der Waals surface area contributed by atoms with Crippen molar-refractivity contribution < 1.29 is 9.53 Å². The molecule has 2 aromatic carbocycles. The summed E-state index contributed by atoms with van der Waals surface area (Å²) >= 11 is 5.31. The lowest BCUT2D eigenvalue weighted by Gasteiger charge is -2.09. The molecule has 0 fully saturated rings. The second-order valence-corrected chi connectivity index (χ2v) is 6.91. The van der Waals surface area contributed by atoms with E-state index in [4.69, 9.17) is 17.0 Å². The molecule has 28 heavy (non-hydrogen) atoms. The lowest BCUT2D eigenvalue weighted by atomic mass is 10.2. The van der Waals surface area contributed by atoms with Gasteiger partial charge in [0.1, 0.15) is 5.75 Å². The first-order chi connectivity index (χ1) is 13.6. The van der Waals surface area contributed by atoms with E-state index >= 15 is 0 Å². The quantitative estimate of drug-likeness (QED) is 0.440. The van der Waals surface area contributed by atoms with Crippen LogP contribution in [0.1, 0.15) is 25.7 Å². The van der Waals surface area contributed by atoms with Crippen molar-refractivity contribution >= 4 is 34.7 Å². The molecule has 146 valence electrons. The molecule has 6 nitrogen and oxygen atoms in total. The zero-order chi connectivity index (χ0) is 19.9. The maximum Gasteiger partial charge on any atom is 0.262 e. The molecule has 1 heterocycles. The number of carbonyl (C=O) groups excluding carboxylic acids is 1. The van der Waals surface area contributed by atoms with Gasteiger partial charge in [0.05, 0.1) is 18.0 Å². The highest BCUT2D eigenvalue weighted by Gasteiger charge is 2.06. The van der Waals surface area contributed by atoms with Gasteiger partial charge in [0, 0.05) is 24.7 Å². The average Bonchev–Trinajstić information content (AvgIpc) is 2.70. The monoisotopic (exact) mass is 397 g/mol. The Hall–Kier alpha value is -2.93. The van der Waals surface area contributed by atoms with Crippen molar-refractivity contribution in [2.45, 2.75) is 32.2 Å². The molecule has 0 aliphatic carbocycles. The van der Waals surface area contributed by atoms with Crippen LogP contribution in [0.3, 0.4) is 0 Å². The van der Waals surface area contributed by atoms with E-state index in [9.17, 15) is 9.59 Å². The van der Waals surface area contributed by atoms with E-state index in [1.807, 2.05) is 36.4 Å². The summed E-state index contributed by atoms with van der Waals surface area (Å²) in [6.45, 7) is 0.538. The minimum Gasteiger partial charge on any atom is -0.497 e. The number of para-hydroxylation sites is 1. The van der Waals surface area contributed by atoms with Gasteiger partial charge in [-0.2, -0.15) is 0 Å². The predicted molar refractivity (Wildman–Crippen MR) is 113 cm³/mol. The fourth-order valence-electron chi connectivity index (χ4n) is 3.06. The minimum atomic E-state index is -0.0740. The fraction of sp³-hybridized carbons (Fsp3) is 0.286. The molecule has 0 radical (unpaired) electrons. The highest BCUT2D eigenvalue weighted by atomic mass is 32.1. The zero-order valence-electron chi connectivity index (χ0n) is 15.7. The number of benzene rings is 2. The minimum absolute atomic E-state index is 0.0339. The Labute approximate surface area is 168 Å². The molecule has 0 aliphatic heterocycles. The van der Waals surface area contributed by atoms with Gasteiger partial charge in [0.15, 0.2) is 4.77 Å². The maximum atomic E-state index is 12.6. The number of H-pyrrole nitrogens is 1. The number of hydrogen-bond donors (Lipinski definition) is 2. The topological polar surface area (TPSA) is 76.1 Å². The normalized spacial score (nSPS) is 10.8. The van der Waals surface area contributed by atoms with E-state index in [0.29, 0.717) is 28.9 Å². The molecule has 0 atom stereocenters. The van der Waals surface area contributed by atoms with Gasteiger partial charge >= 0.3 is 0 Å². The first-order valence-electron chi connectivity index (χ1n) is 9.24. The van der Waals surface area contributed by atoms with Gasteiger partial charge in [-0.1, -0.05) is 24.6 Å². The fourth-order valence-corrected chi connectivity index (χ4v) is 3.34. The Morgan fingerprint density at radius 2 is 1.96 bits per heavy atom. The number of aromatic amines is 1. The smallest absolute Gasteiger partial charge is 0.262 e. The highest BCUT2D eigenvalue weighted by Crippen LogP contribution is 2.17. The number of amides is 1. The summed E-state index contributed by atoms with van der Waals surface area (Å²) in [4.78, 5) is 27.7. The van der Waals surface area contributed by atoms with E-state index in [0.717, 1.165) is 30.5 Å². The van der Waals surface area contributed by atoms with Crippen molar-refractivity contribution in [1.29, 1.82) is 0 Å². The number of hydrogen-bond acceptors (Lipinski definition) is 4. The van der Waals surface area contributed by atoms with E-state index in [1.165, 1.54) is 0 Å². The maximum absolute atomic E-state index is 12.6. The van der Waals surface area contributed by atoms with E-state index in [1.54, 1.807) is 23.8 Å². The van der Waals surface area contributed by atoms with Crippen LogP contribution in [-0.2, 0) is 11.3 Å². The van der Waals surface area contributed by atoms with Gasteiger partial charge < -0.3 is 15.0 Å². The van der Waals surface area contributed by atoms with Crippen molar-refractivity contribution in [3.05, 3.63) is 63.7 Å². The second kappa shape index (κ2) is 9.32. The molecule has 0 saturated heterocycles. The third-order valence-corrected chi connectivity index (χ3v) is 4.85. The van der Waals surface area contributed by atoms with Crippen LogP contribution >= 0.6 is 12.2 Å². The molecule has 1 aromatic heterocycles. The molecular formula is C21H23N3O3S. The van der Waals surface area contributed by atoms with Crippen LogP contribution in [0.25, 0.3) is 10.9 Å². The SMILES string of the molecule is COc1cccc(NC(=O)CCCCCn2c(=S)[nH]c3ccccc3c2=O)c1. The molecule has 7 heteroatoms. The van der Waals surface area contributed by atoms with Crippen molar-refractivity contribution in [2.75, 3.05) is 12.4 Å². The molecule has 3 aromatic rings. The largest absolute Gasteiger partial charge is 0.497 e. The van der Waals surface area contributed by atoms with Crippen LogP contribution in [0.2, 0.25) is 0 Å². The van der Waals surface area contributed by atoms with Crippen molar-refractivity contribution in [2.24, 2.45) is 0 Å². The molecule has 0 unspecified atom stereocenters. The molecule has 3 rings (SSSR count). The number of ether oxygens (including phenoxy) is 1. The molecule has 0 aliphatic rings. The van der Waals surface area contributed by atoms with Gasteiger partial charge in [0.25, 0.3) is 5.56 Å². The lowest BCUT2D eigenvalue weighted by Crippen LogP contribution is -2.22. The zero-order valence-corrected chi connectivity index (χ0v) is 16.6. The summed E-state index contributed by atoms with van der Waals surface area (Å²) < 4.78 is 7.17. The predicted octanol–water partition coefficient (Wildman–Crippen LogP) is 4.27. The Balaban J connectivity index is 1.48. The number of fused-ring (bicyclic) bond motifs is 1. The molecule has 0 spiro atoms. The summed E-state index contributed by atoms with van der Waals surface area (Å²) in [5.41, 5.74) is 1.40. The number of anilines is 1. The molecule has 1 amide bonds. The van der Waals surface area contributed by atoms with Gasteiger partial charge in [-0.15, -0.1) is 0 Å². The third kappa shape index (κ3) is 4.86. The van der Waals surface area contributed by atoms with Crippen molar-refractivity contribution in [3.8, 4) is 5.75 Å². The van der Waals surface area contributed by atoms with Gasteiger partial charge in [0.2, 0.25) is 5.91 Å². The first kappa shape index (κ1) is 19.8. The summed E-state index contributed by atoms with van der Waals surface area (Å²) in [6, 6.07) is 14.6. The first-order valence-corrected chi connectivity index (χ1v) is 9.65. The Morgan fingerprint density at radius 3 is 2.79 bits per heavy atom.